The van der Waals surface area contributed by atoms with E-state index in [0.29, 0.717) is 16.2 Å². The lowest BCUT2D eigenvalue weighted by atomic mass is 9.51. The molecular formula is C18H36. The summed E-state index contributed by atoms with van der Waals surface area (Å²) in [5.74, 6) is 2.59. The normalized spacial score (nSPS) is 31.5. The van der Waals surface area contributed by atoms with Crippen LogP contribution in [0.4, 0.5) is 0 Å². The molecule has 0 radical (unpaired) electrons. The van der Waals surface area contributed by atoms with Crippen molar-refractivity contribution in [2.45, 2.75) is 81.6 Å². The number of hydrogen-bond donors (Lipinski definition) is 0. The molecule has 0 heterocycles. The van der Waals surface area contributed by atoms with E-state index in [1.807, 2.05) is 0 Å². The van der Waals surface area contributed by atoms with Gasteiger partial charge in [-0.05, 0) is 46.8 Å². The molecule has 0 saturated heterocycles. The minimum absolute atomic E-state index is 0.427. The molecule has 1 saturated carbocycles. The Morgan fingerprint density at radius 2 is 0.889 bits per heavy atom. The van der Waals surface area contributed by atoms with Gasteiger partial charge in [-0.25, -0.2) is 0 Å². The quantitative estimate of drug-likeness (QED) is 0.484. The van der Waals surface area contributed by atoms with Gasteiger partial charge in [0, 0.05) is 0 Å². The van der Waals surface area contributed by atoms with Crippen LogP contribution in [0.25, 0.3) is 0 Å². The Bertz CT molecular complexity index is 244. The topological polar surface area (TPSA) is 0 Å². The van der Waals surface area contributed by atoms with Crippen LogP contribution >= 0.6 is 0 Å². The summed E-state index contributed by atoms with van der Waals surface area (Å²) in [6.07, 6.45) is 4.28. The fraction of sp³-hybridized carbons (Fsp3) is 1.00. The largest absolute Gasteiger partial charge is 0.0599 e. The molecule has 0 N–H and O–H groups in total. The van der Waals surface area contributed by atoms with Crippen LogP contribution in [-0.2, 0) is 0 Å². The maximum absolute atomic E-state index is 2.46. The molecule has 1 rings (SSSR count). The number of hydrogen-bond acceptors (Lipinski definition) is 0. The third-order valence-electron chi connectivity index (χ3n) is 5.12. The van der Waals surface area contributed by atoms with Gasteiger partial charge < -0.3 is 0 Å². The molecule has 0 nitrogen and oxygen atoms in total. The van der Waals surface area contributed by atoms with E-state index in [9.17, 15) is 0 Å². The molecule has 1 aliphatic carbocycles. The first-order chi connectivity index (χ1) is 7.85. The van der Waals surface area contributed by atoms with Gasteiger partial charge >= 0.3 is 0 Å². The number of rotatable bonds is 0. The molecule has 0 heteroatoms. The van der Waals surface area contributed by atoms with Gasteiger partial charge in [0.2, 0.25) is 0 Å². The monoisotopic (exact) mass is 252 g/mol. The van der Waals surface area contributed by atoms with Crippen LogP contribution in [-0.4, -0.2) is 0 Å². The minimum atomic E-state index is 0.427. The summed E-state index contributed by atoms with van der Waals surface area (Å²) in [5.41, 5.74) is 1.32. The summed E-state index contributed by atoms with van der Waals surface area (Å²) < 4.78 is 0. The second-order valence-electron chi connectivity index (χ2n) is 9.77. The summed E-state index contributed by atoms with van der Waals surface area (Å²) in [4.78, 5) is 0. The average molecular weight is 252 g/mol. The van der Waals surface area contributed by atoms with Crippen LogP contribution in [0.3, 0.4) is 0 Å². The Morgan fingerprint density at radius 1 is 0.556 bits per heavy atom. The van der Waals surface area contributed by atoms with Crippen molar-refractivity contribution in [3.05, 3.63) is 0 Å². The smallest absolute Gasteiger partial charge is 0.0299 e. The summed E-state index contributed by atoms with van der Waals surface area (Å²) >= 11 is 0. The molecule has 0 spiro atoms. The van der Waals surface area contributed by atoms with Gasteiger partial charge in [-0.1, -0.05) is 68.7 Å². The third-order valence-corrected chi connectivity index (χ3v) is 5.12. The van der Waals surface area contributed by atoms with Crippen LogP contribution in [0.1, 0.15) is 81.6 Å². The highest BCUT2D eigenvalue weighted by Crippen LogP contribution is 2.55. The van der Waals surface area contributed by atoms with E-state index in [-0.39, 0.29) is 0 Å². The van der Waals surface area contributed by atoms with Crippen molar-refractivity contribution in [3.63, 3.8) is 0 Å². The molecule has 0 aromatic heterocycles. The molecule has 1 fully saturated rings. The fourth-order valence-corrected chi connectivity index (χ4v) is 4.35. The lowest BCUT2D eigenvalue weighted by Crippen LogP contribution is -2.47. The van der Waals surface area contributed by atoms with Crippen molar-refractivity contribution in [1.82, 2.24) is 0 Å². The maximum atomic E-state index is 2.46. The Hall–Kier alpha value is 0. The van der Waals surface area contributed by atoms with Crippen molar-refractivity contribution < 1.29 is 0 Å². The third kappa shape index (κ3) is 3.52. The van der Waals surface area contributed by atoms with Crippen LogP contribution < -0.4 is 0 Å². The Kier molecular flexibility index (Phi) is 4.31. The van der Waals surface area contributed by atoms with E-state index in [4.69, 9.17) is 0 Å². The van der Waals surface area contributed by atoms with Crippen molar-refractivity contribution in [1.29, 1.82) is 0 Å². The maximum Gasteiger partial charge on any atom is -0.0299 e. The molecule has 108 valence electrons. The van der Waals surface area contributed by atoms with Crippen molar-refractivity contribution >= 4 is 0 Å². The Balaban J connectivity index is 3.14. The second-order valence-corrected chi connectivity index (χ2v) is 9.77. The van der Waals surface area contributed by atoms with E-state index < -0.39 is 0 Å². The first kappa shape index (κ1) is 16.1. The molecule has 0 bridgehead atoms. The predicted molar refractivity (Wildman–Crippen MR) is 82.7 cm³/mol. The highest BCUT2D eigenvalue weighted by Gasteiger charge is 2.48. The van der Waals surface area contributed by atoms with Gasteiger partial charge in [0.1, 0.15) is 0 Å². The van der Waals surface area contributed by atoms with E-state index in [1.165, 1.54) is 19.3 Å². The van der Waals surface area contributed by atoms with Gasteiger partial charge in [0.25, 0.3) is 0 Å². The van der Waals surface area contributed by atoms with Crippen LogP contribution in [0, 0.1) is 34.0 Å². The van der Waals surface area contributed by atoms with Crippen molar-refractivity contribution in [2.24, 2.45) is 34.0 Å². The van der Waals surface area contributed by atoms with Crippen LogP contribution in [0.15, 0.2) is 0 Å². The predicted octanol–water partition coefficient (Wildman–Crippen LogP) is 6.16. The Morgan fingerprint density at radius 3 is 1.11 bits per heavy atom. The Labute approximate surface area is 116 Å². The first-order valence-corrected chi connectivity index (χ1v) is 7.85. The van der Waals surface area contributed by atoms with Crippen LogP contribution in [0.2, 0.25) is 0 Å². The second kappa shape index (κ2) is 4.84. The van der Waals surface area contributed by atoms with Crippen molar-refractivity contribution in [2.75, 3.05) is 0 Å². The highest BCUT2D eigenvalue weighted by atomic mass is 14.5. The molecule has 1 aliphatic rings. The van der Waals surface area contributed by atoms with Gasteiger partial charge in [-0.15, -0.1) is 0 Å². The first-order valence-electron chi connectivity index (χ1n) is 7.85. The fourth-order valence-electron chi connectivity index (χ4n) is 4.35. The van der Waals surface area contributed by atoms with Gasteiger partial charge in [0.05, 0.1) is 0 Å². The van der Waals surface area contributed by atoms with Gasteiger partial charge in [0.15, 0.2) is 0 Å². The molecule has 2 atom stereocenters. The zero-order valence-corrected chi connectivity index (χ0v) is 14.4. The summed E-state index contributed by atoms with van der Waals surface area (Å²) in [7, 11) is 0. The summed E-state index contributed by atoms with van der Waals surface area (Å²) in [5, 5.41) is 0. The van der Waals surface area contributed by atoms with Gasteiger partial charge in [-0.3, -0.25) is 0 Å². The zero-order valence-electron chi connectivity index (χ0n) is 14.4. The molecule has 0 aliphatic heterocycles. The lowest BCUT2D eigenvalue weighted by Gasteiger charge is -2.54. The molecule has 0 amide bonds. The molecule has 0 aromatic rings. The zero-order chi connectivity index (χ0) is 14.4. The molecule has 0 aromatic carbocycles. The SMILES string of the molecule is CC(C)(C)C1CCCC(C(C)(C)C)C1C(C)(C)C. The van der Waals surface area contributed by atoms with Gasteiger partial charge in [-0.2, -0.15) is 0 Å². The van der Waals surface area contributed by atoms with Crippen LogP contribution in [0.5, 0.6) is 0 Å². The van der Waals surface area contributed by atoms with E-state index in [0.717, 1.165) is 17.8 Å². The molecule has 2 unspecified atom stereocenters. The van der Waals surface area contributed by atoms with E-state index in [2.05, 4.69) is 62.3 Å². The minimum Gasteiger partial charge on any atom is -0.0599 e. The lowest BCUT2D eigenvalue weighted by molar-refractivity contribution is -0.0515. The van der Waals surface area contributed by atoms with Crippen molar-refractivity contribution in [3.8, 4) is 0 Å². The van der Waals surface area contributed by atoms with E-state index in [1.54, 1.807) is 0 Å². The summed E-state index contributed by atoms with van der Waals surface area (Å²) in [6.45, 7) is 22.1. The standard InChI is InChI=1S/C18H36/c1-16(2,3)13-11-10-12-14(17(4,5)6)15(13)18(7,8)9/h13-15H,10-12H2,1-9H3. The molecular weight excluding hydrogens is 216 g/mol. The highest BCUT2D eigenvalue weighted by molar-refractivity contribution is 4.97. The summed E-state index contributed by atoms with van der Waals surface area (Å²) in [6, 6.07) is 0. The van der Waals surface area contributed by atoms with E-state index >= 15 is 0 Å². The average Bonchev–Trinajstić information content (AvgIpc) is 2.12. The molecule has 18 heavy (non-hydrogen) atoms.